The van der Waals surface area contributed by atoms with Crippen LogP contribution >= 0.6 is 0 Å². The minimum absolute atomic E-state index is 0.0543. The Kier molecular flexibility index (Phi) is 14.7. The molecule has 48 heavy (non-hydrogen) atoms. The zero-order valence-electron chi connectivity index (χ0n) is 29.6. The van der Waals surface area contributed by atoms with Crippen molar-refractivity contribution in [3.8, 4) is 12.0 Å². The first-order valence-corrected chi connectivity index (χ1v) is 17.1. The second kappa shape index (κ2) is 18.6. The topological polar surface area (TPSA) is 142 Å². The third-order valence-electron chi connectivity index (χ3n) is 7.85. The van der Waals surface area contributed by atoms with E-state index >= 15 is 0 Å². The van der Waals surface area contributed by atoms with Crippen LogP contribution in [-0.4, -0.2) is 57.4 Å². The third kappa shape index (κ3) is 10.4. The van der Waals surface area contributed by atoms with Crippen LogP contribution in [0, 0.1) is 11.3 Å². The van der Waals surface area contributed by atoms with E-state index in [1.54, 1.807) is 23.4 Å². The van der Waals surface area contributed by atoms with Crippen LogP contribution in [0.1, 0.15) is 117 Å². The Hall–Kier alpha value is -4.66. The number of amides is 1. The Labute approximate surface area is 285 Å². The predicted molar refractivity (Wildman–Crippen MR) is 188 cm³/mol. The number of esters is 1. The lowest BCUT2D eigenvalue weighted by Gasteiger charge is -2.34. The van der Waals surface area contributed by atoms with Crippen molar-refractivity contribution in [1.29, 1.82) is 5.26 Å². The fourth-order valence-corrected chi connectivity index (χ4v) is 5.33. The number of ether oxygens (including phenoxy) is 1. The average molecular weight is 658 g/mol. The van der Waals surface area contributed by atoms with E-state index in [1.807, 2.05) is 59.7 Å². The number of azo groups is 1. The van der Waals surface area contributed by atoms with Gasteiger partial charge in [-0.15, -0.1) is 10.2 Å². The summed E-state index contributed by atoms with van der Waals surface area (Å²) >= 11 is 0. The van der Waals surface area contributed by atoms with Crippen LogP contribution in [0.15, 0.2) is 46.9 Å². The summed E-state index contributed by atoms with van der Waals surface area (Å²) < 4.78 is 6.58. The second-order valence-electron chi connectivity index (χ2n) is 13.0. The van der Waals surface area contributed by atoms with Crippen molar-refractivity contribution in [1.82, 2.24) is 19.7 Å². The molecule has 0 aliphatic carbocycles. The average Bonchev–Trinajstić information content (AvgIpc) is 3.44. The van der Waals surface area contributed by atoms with E-state index in [1.165, 1.54) is 30.4 Å². The van der Waals surface area contributed by atoms with Gasteiger partial charge in [-0.3, -0.25) is 9.59 Å². The lowest BCUT2D eigenvalue weighted by molar-refractivity contribution is -0.143. The summed E-state index contributed by atoms with van der Waals surface area (Å²) in [6.45, 7) is 15.6. The smallest absolute Gasteiger partial charge is 0.305 e. The van der Waals surface area contributed by atoms with Gasteiger partial charge in [0.05, 0.1) is 18.0 Å². The van der Waals surface area contributed by atoms with Crippen LogP contribution in [-0.2, 0) is 14.3 Å². The third-order valence-corrected chi connectivity index (χ3v) is 7.85. The molecule has 2 aromatic heterocycles. The molecule has 0 unspecified atom stereocenters. The molecular formula is C36H51N9O3. The van der Waals surface area contributed by atoms with Crippen molar-refractivity contribution in [3.05, 3.63) is 47.9 Å². The van der Waals surface area contributed by atoms with E-state index in [-0.39, 0.29) is 29.2 Å². The van der Waals surface area contributed by atoms with Gasteiger partial charge in [0.25, 0.3) is 5.95 Å². The second-order valence-corrected chi connectivity index (χ2v) is 13.0. The first-order valence-electron chi connectivity index (χ1n) is 17.1. The van der Waals surface area contributed by atoms with E-state index < -0.39 is 5.54 Å². The lowest BCUT2D eigenvalue weighted by atomic mass is 10.0. The molecule has 1 amide bonds. The lowest BCUT2D eigenvalue weighted by Crippen LogP contribution is -2.40. The highest BCUT2D eigenvalue weighted by molar-refractivity contribution is 5.86. The molecule has 0 fully saturated rings. The Morgan fingerprint density at radius 1 is 1.04 bits per heavy atom. The zero-order valence-corrected chi connectivity index (χ0v) is 29.6. The minimum Gasteiger partial charge on any atom is -0.466 e. The van der Waals surface area contributed by atoms with Gasteiger partial charge in [-0.05, 0) is 70.7 Å². The number of aromatic nitrogens is 4. The van der Waals surface area contributed by atoms with Crippen LogP contribution in [0.5, 0.6) is 0 Å². The largest absolute Gasteiger partial charge is 0.466 e. The minimum atomic E-state index is -0.569. The summed E-state index contributed by atoms with van der Waals surface area (Å²) in [5.41, 5.74) is 2.22. The Bertz CT molecular complexity index is 1540. The predicted octanol–water partition coefficient (Wildman–Crippen LogP) is 8.34. The molecule has 0 aliphatic rings. The summed E-state index contributed by atoms with van der Waals surface area (Å²) in [4.78, 5) is 37.2. The quantitative estimate of drug-likeness (QED) is 0.0542. The molecule has 3 aromatic rings. The number of benzene rings is 1. The molecule has 0 atom stereocenters. The molecular weight excluding hydrogens is 606 g/mol. The van der Waals surface area contributed by atoms with Gasteiger partial charge in [-0.2, -0.15) is 15.0 Å². The Morgan fingerprint density at radius 3 is 2.35 bits per heavy atom. The molecule has 0 aliphatic heterocycles. The maximum atomic E-state index is 12.6. The first-order chi connectivity index (χ1) is 23.0. The van der Waals surface area contributed by atoms with Crippen molar-refractivity contribution in [2.45, 2.75) is 111 Å². The van der Waals surface area contributed by atoms with E-state index in [0.717, 1.165) is 31.5 Å². The SMILES string of the molecule is CCCCCCCCN(CCCC(=O)OCC)c1ccc(/N=N/c2c(C#N)c(C(C)C)nn2-c2ncccn2)c(N(C=O)C(C)(C)C)c1. The molecule has 0 saturated carbocycles. The first kappa shape index (κ1) is 37.8. The fourth-order valence-electron chi connectivity index (χ4n) is 5.33. The molecule has 12 heteroatoms. The van der Waals surface area contributed by atoms with E-state index in [9.17, 15) is 14.9 Å². The summed E-state index contributed by atoms with van der Waals surface area (Å²) in [5.74, 6) is 0.217. The molecule has 0 saturated heterocycles. The summed E-state index contributed by atoms with van der Waals surface area (Å²) in [5, 5.41) is 23.9. The number of carbonyl (C=O) groups is 2. The number of carbonyl (C=O) groups excluding carboxylic acids is 2. The highest BCUT2D eigenvalue weighted by atomic mass is 16.5. The molecule has 0 bridgehead atoms. The highest BCUT2D eigenvalue weighted by Gasteiger charge is 2.26. The molecule has 0 radical (unpaired) electrons. The number of nitrogens with zero attached hydrogens (tertiary/aromatic N) is 9. The Balaban J connectivity index is 2.07. The van der Waals surface area contributed by atoms with E-state index in [2.05, 4.69) is 43.2 Å². The van der Waals surface area contributed by atoms with E-state index in [0.29, 0.717) is 43.1 Å². The molecule has 3 rings (SSSR count). The molecule has 12 nitrogen and oxygen atoms in total. The molecule has 1 aromatic carbocycles. The summed E-state index contributed by atoms with van der Waals surface area (Å²) in [6, 6.07) is 9.70. The maximum absolute atomic E-state index is 12.6. The number of nitriles is 1. The van der Waals surface area contributed by atoms with Crippen molar-refractivity contribution in [2.24, 2.45) is 10.2 Å². The van der Waals surface area contributed by atoms with Gasteiger partial charge in [0.2, 0.25) is 6.41 Å². The molecule has 258 valence electrons. The number of anilines is 2. The van der Waals surface area contributed by atoms with Crippen LogP contribution in [0.25, 0.3) is 5.95 Å². The van der Waals surface area contributed by atoms with Gasteiger partial charge in [0, 0.05) is 43.1 Å². The summed E-state index contributed by atoms with van der Waals surface area (Å²) in [7, 11) is 0. The normalized spacial score (nSPS) is 11.6. The van der Waals surface area contributed by atoms with Crippen molar-refractivity contribution in [2.75, 3.05) is 29.5 Å². The zero-order chi connectivity index (χ0) is 35.1. The van der Waals surface area contributed by atoms with Gasteiger partial charge in [0.15, 0.2) is 5.82 Å². The van der Waals surface area contributed by atoms with Gasteiger partial charge < -0.3 is 14.5 Å². The number of hydrogen-bond acceptors (Lipinski definition) is 10. The van der Waals surface area contributed by atoms with E-state index in [4.69, 9.17) is 4.74 Å². The van der Waals surface area contributed by atoms with Crippen LogP contribution in [0.4, 0.5) is 22.9 Å². The van der Waals surface area contributed by atoms with Crippen molar-refractivity contribution < 1.29 is 14.3 Å². The summed E-state index contributed by atoms with van der Waals surface area (Å²) in [6.07, 6.45) is 12.0. The van der Waals surface area contributed by atoms with Gasteiger partial charge in [-0.1, -0.05) is 52.9 Å². The standard InChI is InChI=1S/C36H51N9O3/c1-8-10-11-12-13-14-22-43(23-15-17-32(47)48-9-2)28-18-19-30(31(24-28)44(26-46)36(5,6)7)40-41-34-29(25-37)33(27(3)4)42-45(34)35-38-20-16-21-39-35/h16,18-21,24,26-27H,8-15,17,22-23H2,1-7H3/b41-40+. The monoisotopic (exact) mass is 657 g/mol. The van der Waals surface area contributed by atoms with Gasteiger partial charge in [-0.25, -0.2) is 9.97 Å². The number of rotatable bonds is 19. The van der Waals surface area contributed by atoms with Crippen LogP contribution in [0.3, 0.4) is 0 Å². The number of unbranched alkanes of at least 4 members (excludes halogenated alkanes) is 5. The number of hydrogen-bond donors (Lipinski definition) is 0. The van der Waals surface area contributed by atoms with Crippen molar-refractivity contribution in [3.63, 3.8) is 0 Å². The van der Waals surface area contributed by atoms with Crippen molar-refractivity contribution >= 4 is 35.3 Å². The molecule has 0 N–H and O–H groups in total. The molecule has 2 heterocycles. The fraction of sp³-hybridized carbons (Fsp3) is 0.556. The van der Waals surface area contributed by atoms with Crippen LogP contribution < -0.4 is 9.80 Å². The maximum Gasteiger partial charge on any atom is 0.305 e. The Morgan fingerprint density at radius 2 is 1.73 bits per heavy atom. The molecule has 0 spiro atoms. The van der Waals surface area contributed by atoms with Crippen LogP contribution in [0.2, 0.25) is 0 Å². The highest BCUT2D eigenvalue weighted by Crippen LogP contribution is 2.38. The van der Waals surface area contributed by atoms with Gasteiger partial charge >= 0.3 is 5.97 Å². The van der Waals surface area contributed by atoms with Gasteiger partial charge in [0.1, 0.15) is 17.3 Å².